The number of carbonyl (C=O) groups is 1. The number of rotatable bonds is 2. The van der Waals surface area contributed by atoms with Crippen LogP contribution in [-0.4, -0.2) is 22.7 Å². The maximum absolute atomic E-state index is 10.7. The average molecular weight is 193 g/mol. The predicted molar refractivity (Wildman–Crippen MR) is 49.1 cm³/mol. The molecule has 0 radical (unpaired) electrons. The molecule has 4 heteroatoms. The van der Waals surface area contributed by atoms with Crippen LogP contribution < -0.4 is 0 Å². The lowest BCUT2D eigenvalue weighted by molar-refractivity contribution is 0.0695. The van der Waals surface area contributed by atoms with E-state index in [4.69, 9.17) is 9.84 Å². The molecule has 2 heterocycles. The van der Waals surface area contributed by atoms with Gasteiger partial charge in [-0.25, -0.2) is 4.79 Å². The molecule has 0 aromatic carbocycles. The lowest BCUT2D eigenvalue weighted by Gasteiger charge is -2.08. The number of hydrogen-bond donors (Lipinski definition) is 1. The highest BCUT2D eigenvalue weighted by Crippen LogP contribution is 2.27. The molecule has 1 N–H and O–H groups in total. The highest BCUT2D eigenvalue weighted by Gasteiger charge is 2.19. The Morgan fingerprint density at radius 3 is 3.14 bits per heavy atom. The van der Waals surface area contributed by atoms with Crippen LogP contribution in [0, 0.1) is 0 Å². The fraction of sp³-hybridized carbons (Fsp3) is 0.400. The molecule has 0 bridgehead atoms. The number of carboxylic acids is 1. The van der Waals surface area contributed by atoms with Crippen molar-refractivity contribution in [3.05, 3.63) is 29.6 Å². The van der Waals surface area contributed by atoms with Gasteiger partial charge in [0.15, 0.2) is 0 Å². The van der Waals surface area contributed by atoms with E-state index in [0.717, 1.165) is 25.1 Å². The van der Waals surface area contributed by atoms with Gasteiger partial charge in [-0.15, -0.1) is 0 Å². The van der Waals surface area contributed by atoms with Gasteiger partial charge in [0, 0.05) is 12.8 Å². The Balaban J connectivity index is 2.25. The van der Waals surface area contributed by atoms with E-state index in [1.165, 1.54) is 12.3 Å². The summed E-state index contributed by atoms with van der Waals surface area (Å²) in [6.45, 7) is 0.740. The summed E-state index contributed by atoms with van der Waals surface area (Å²) in [7, 11) is 0. The van der Waals surface area contributed by atoms with E-state index in [-0.39, 0.29) is 11.7 Å². The van der Waals surface area contributed by atoms with E-state index in [9.17, 15) is 4.79 Å². The summed E-state index contributed by atoms with van der Waals surface area (Å²) in [6, 6.07) is 3.07. The van der Waals surface area contributed by atoms with Gasteiger partial charge in [0.2, 0.25) is 0 Å². The molecular weight excluding hydrogens is 182 g/mol. The maximum Gasteiger partial charge on any atom is 0.335 e. The molecule has 14 heavy (non-hydrogen) atoms. The first kappa shape index (κ1) is 9.15. The van der Waals surface area contributed by atoms with E-state index >= 15 is 0 Å². The van der Waals surface area contributed by atoms with E-state index in [1.54, 1.807) is 6.07 Å². The molecule has 1 aromatic rings. The average Bonchev–Trinajstić information content (AvgIpc) is 2.71. The lowest BCUT2D eigenvalue weighted by atomic mass is 10.1. The van der Waals surface area contributed by atoms with Crippen molar-refractivity contribution in [2.24, 2.45) is 0 Å². The standard InChI is InChI=1S/C10H11NO3/c12-10(13)7-3-4-11-8(6-7)9-2-1-5-14-9/h3-4,6,9H,1-2,5H2,(H,12,13)/t9-/m1/s1. The molecule has 0 saturated carbocycles. The summed E-state index contributed by atoms with van der Waals surface area (Å²) >= 11 is 0. The molecule has 0 aliphatic carbocycles. The van der Waals surface area contributed by atoms with Gasteiger partial charge in [0.1, 0.15) is 0 Å². The molecule has 74 valence electrons. The second-order valence-corrected chi connectivity index (χ2v) is 3.28. The molecule has 1 saturated heterocycles. The van der Waals surface area contributed by atoms with Crippen LogP contribution in [0.5, 0.6) is 0 Å². The van der Waals surface area contributed by atoms with Crippen LogP contribution in [-0.2, 0) is 4.74 Å². The Morgan fingerprint density at radius 1 is 1.64 bits per heavy atom. The predicted octanol–water partition coefficient (Wildman–Crippen LogP) is 1.63. The molecular formula is C10H11NO3. The maximum atomic E-state index is 10.7. The monoisotopic (exact) mass is 193 g/mol. The van der Waals surface area contributed by atoms with Crippen LogP contribution in [0.15, 0.2) is 18.3 Å². The Hall–Kier alpha value is -1.42. The molecule has 0 amide bonds. The SMILES string of the molecule is O=C(O)c1ccnc([C@H]2CCCO2)c1. The first-order valence-electron chi connectivity index (χ1n) is 4.58. The van der Waals surface area contributed by atoms with Gasteiger partial charge in [-0.3, -0.25) is 4.98 Å². The lowest BCUT2D eigenvalue weighted by Crippen LogP contribution is -2.03. The number of aromatic nitrogens is 1. The van der Waals surface area contributed by atoms with E-state index in [2.05, 4.69) is 4.98 Å². The number of carboxylic acid groups (broad SMARTS) is 1. The Kier molecular flexibility index (Phi) is 2.45. The van der Waals surface area contributed by atoms with Gasteiger partial charge in [0.25, 0.3) is 0 Å². The number of pyridine rings is 1. The third kappa shape index (κ3) is 1.75. The van der Waals surface area contributed by atoms with Crippen molar-refractivity contribution >= 4 is 5.97 Å². The number of hydrogen-bond acceptors (Lipinski definition) is 3. The van der Waals surface area contributed by atoms with Crippen LogP contribution in [0.4, 0.5) is 0 Å². The van der Waals surface area contributed by atoms with Crippen LogP contribution in [0.1, 0.15) is 35.0 Å². The molecule has 1 aliphatic heterocycles. The summed E-state index contributed by atoms with van der Waals surface area (Å²) in [5.74, 6) is -0.924. The Bertz CT molecular complexity index is 345. The Labute approximate surface area is 81.5 Å². The van der Waals surface area contributed by atoms with Crippen molar-refractivity contribution in [1.82, 2.24) is 4.98 Å². The van der Waals surface area contributed by atoms with Gasteiger partial charge < -0.3 is 9.84 Å². The zero-order chi connectivity index (χ0) is 9.97. The summed E-state index contributed by atoms with van der Waals surface area (Å²) < 4.78 is 5.42. The number of ether oxygens (including phenoxy) is 1. The van der Waals surface area contributed by atoms with Crippen LogP contribution in [0.25, 0.3) is 0 Å². The number of aromatic carboxylic acids is 1. The van der Waals surface area contributed by atoms with Gasteiger partial charge in [0.05, 0.1) is 17.4 Å². The van der Waals surface area contributed by atoms with Crippen molar-refractivity contribution in [3.63, 3.8) is 0 Å². The fourth-order valence-corrected chi connectivity index (χ4v) is 1.57. The van der Waals surface area contributed by atoms with Crippen molar-refractivity contribution in [2.75, 3.05) is 6.61 Å². The molecule has 1 atom stereocenters. The molecule has 4 nitrogen and oxygen atoms in total. The molecule has 0 unspecified atom stereocenters. The molecule has 1 aromatic heterocycles. The minimum atomic E-state index is -0.924. The summed E-state index contributed by atoms with van der Waals surface area (Å²) in [4.78, 5) is 14.8. The minimum Gasteiger partial charge on any atom is -0.478 e. The van der Waals surface area contributed by atoms with Crippen LogP contribution >= 0.6 is 0 Å². The normalized spacial score (nSPS) is 21.0. The number of nitrogens with zero attached hydrogens (tertiary/aromatic N) is 1. The summed E-state index contributed by atoms with van der Waals surface area (Å²) in [5, 5.41) is 8.78. The molecule has 0 spiro atoms. The van der Waals surface area contributed by atoms with E-state index < -0.39 is 5.97 Å². The first-order chi connectivity index (χ1) is 6.77. The summed E-state index contributed by atoms with van der Waals surface area (Å²) in [6.07, 6.45) is 3.44. The third-order valence-electron chi connectivity index (χ3n) is 2.29. The van der Waals surface area contributed by atoms with Gasteiger partial charge in [-0.2, -0.15) is 0 Å². The quantitative estimate of drug-likeness (QED) is 0.775. The second kappa shape index (κ2) is 3.75. The highest BCUT2D eigenvalue weighted by molar-refractivity contribution is 5.87. The first-order valence-corrected chi connectivity index (χ1v) is 4.58. The van der Waals surface area contributed by atoms with Crippen molar-refractivity contribution in [1.29, 1.82) is 0 Å². The van der Waals surface area contributed by atoms with E-state index in [1.807, 2.05) is 0 Å². The van der Waals surface area contributed by atoms with Crippen LogP contribution in [0.2, 0.25) is 0 Å². The summed E-state index contributed by atoms with van der Waals surface area (Å²) in [5.41, 5.74) is 0.993. The fourth-order valence-electron chi connectivity index (χ4n) is 1.57. The molecule has 2 rings (SSSR count). The largest absolute Gasteiger partial charge is 0.478 e. The van der Waals surface area contributed by atoms with Gasteiger partial charge >= 0.3 is 5.97 Å². The second-order valence-electron chi connectivity index (χ2n) is 3.28. The van der Waals surface area contributed by atoms with Gasteiger partial charge in [-0.1, -0.05) is 0 Å². The molecule has 1 fully saturated rings. The smallest absolute Gasteiger partial charge is 0.335 e. The van der Waals surface area contributed by atoms with Gasteiger partial charge in [-0.05, 0) is 25.0 Å². The zero-order valence-corrected chi connectivity index (χ0v) is 7.64. The van der Waals surface area contributed by atoms with E-state index in [0.29, 0.717) is 0 Å². The molecule has 1 aliphatic rings. The van der Waals surface area contributed by atoms with Crippen molar-refractivity contribution in [2.45, 2.75) is 18.9 Å². The highest BCUT2D eigenvalue weighted by atomic mass is 16.5. The third-order valence-corrected chi connectivity index (χ3v) is 2.29. The van der Waals surface area contributed by atoms with Crippen molar-refractivity contribution in [3.8, 4) is 0 Å². The Morgan fingerprint density at radius 2 is 2.50 bits per heavy atom. The minimum absolute atomic E-state index is 0.0192. The zero-order valence-electron chi connectivity index (χ0n) is 7.64. The van der Waals surface area contributed by atoms with Crippen molar-refractivity contribution < 1.29 is 14.6 Å². The topological polar surface area (TPSA) is 59.4 Å². The van der Waals surface area contributed by atoms with Crippen LogP contribution in [0.3, 0.4) is 0 Å².